The molecule has 0 saturated carbocycles. The average Bonchev–Trinajstić information content (AvgIpc) is 2.38. The number of rotatable bonds is 6. The molecule has 20 heavy (non-hydrogen) atoms. The number of halogens is 1. The number of aliphatic imine (C=N–C) groups is 1. The Labute approximate surface area is 138 Å². The van der Waals surface area contributed by atoms with Gasteiger partial charge in [-0.05, 0) is 24.5 Å². The fourth-order valence-corrected chi connectivity index (χ4v) is 1.54. The van der Waals surface area contributed by atoms with Crippen LogP contribution < -0.4 is 20.5 Å². The van der Waals surface area contributed by atoms with Gasteiger partial charge in [-0.25, -0.2) is 0 Å². The summed E-state index contributed by atoms with van der Waals surface area (Å²) in [5.41, 5.74) is 6.64. The van der Waals surface area contributed by atoms with E-state index >= 15 is 0 Å². The van der Waals surface area contributed by atoms with Crippen molar-refractivity contribution in [3.63, 3.8) is 0 Å². The Kier molecular flexibility index (Phi) is 9.11. The van der Waals surface area contributed by atoms with Crippen molar-refractivity contribution in [3.05, 3.63) is 18.2 Å². The Morgan fingerprint density at radius 1 is 1.25 bits per heavy atom. The molecule has 0 aliphatic carbocycles. The van der Waals surface area contributed by atoms with Crippen LogP contribution in [0.1, 0.15) is 20.3 Å². The van der Waals surface area contributed by atoms with Gasteiger partial charge in [0.05, 0.1) is 14.2 Å². The van der Waals surface area contributed by atoms with E-state index < -0.39 is 0 Å². The molecule has 1 rings (SSSR count). The summed E-state index contributed by atoms with van der Waals surface area (Å²) in [5, 5.41) is 3.03. The molecule has 0 fully saturated rings. The lowest BCUT2D eigenvalue weighted by Crippen LogP contribution is -2.23. The van der Waals surface area contributed by atoms with Gasteiger partial charge in [0.1, 0.15) is 0 Å². The molecule has 0 radical (unpaired) electrons. The third kappa shape index (κ3) is 6.31. The molecule has 5 nitrogen and oxygen atoms in total. The van der Waals surface area contributed by atoms with E-state index in [-0.39, 0.29) is 24.0 Å². The number of methoxy groups -OCH3 is 2. The van der Waals surface area contributed by atoms with Crippen molar-refractivity contribution in [3.8, 4) is 11.5 Å². The number of guanidine groups is 1. The second-order valence-electron chi connectivity index (χ2n) is 4.64. The van der Waals surface area contributed by atoms with Crippen molar-refractivity contribution < 1.29 is 9.47 Å². The van der Waals surface area contributed by atoms with Gasteiger partial charge in [0.2, 0.25) is 0 Å². The van der Waals surface area contributed by atoms with E-state index in [0.29, 0.717) is 23.4 Å². The van der Waals surface area contributed by atoms with Gasteiger partial charge >= 0.3 is 0 Å². The van der Waals surface area contributed by atoms with Crippen molar-refractivity contribution in [2.24, 2.45) is 16.6 Å². The Morgan fingerprint density at radius 2 is 1.90 bits per heavy atom. The quantitative estimate of drug-likeness (QED) is 0.443. The Hall–Kier alpha value is -1.18. The SMILES string of the molecule is COc1ccc(NC(N)=NCCC(C)C)cc1OC.I. The highest BCUT2D eigenvalue weighted by Gasteiger charge is 2.04. The zero-order chi connectivity index (χ0) is 14.3. The number of nitrogens with two attached hydrogens (primary N) is 1. The summed E-state index contributed by atoms with van der Waals surface area (Å²) < 4.78 is 10.4. The van der Waals surface area contributed by atoms with Crippen LogP contribution in [-0.2, 0) is 0 Å². The van der Waals surface area contributed by atoms with Gasteiger partial charge in [0, 0.05) is 18.3 Å². The summed E-state index contributed by atoms with van der Waals surface area (Å²) in [5.74, 6) is 2.37. The van der Waals surface area contributed by atoms with Gasteiger partial charge in [-0.3, -0.25) is 4.99 Å². The number of ether oxygens (including phenoxy) is 2. The summed E-state index contributed by atoms with van der Waals surface area (Å²) >= 11 is 0. The maximum Gasteiger partial charge on any atom is 0.193 e. The van der Waals surface area contributed by atoms with Gasteiger partial charge in [-0.2, -0.15) is 0 Å². The standard InChI is InChI=1S/C14H23N3O2.HI/c1-10(2)7-8-16-14(15)17-11-5-6-12(18-3)13(9-11)19-4;/h5-6,9-10H,7-8H2,1-4H3,(H3,15,16,17);1H. The van der Waals surface area contributed by atoms with Gasteiger partial charge in [-0.1, -0.05) is 13.8 Å². The maximum atomic E-state index is 5.82. The predicted molar refractivity (Wildman–Crippen MR) is 94.5 cm³/mol. The predicted octanol–water partition coefficient (Wildman–Crippen LogP) is 3.09. The number of benzene rings is 1. The number of anilines is 1. The zero-order valence-corrected chi connectivity index (χ0v) is 14.8. The zero-order valence-electron chi connectivity index (χ0n) is 12.5. The normalized spacial score (nSPS) is 10.9. The lowest BCUT2D eigenvalue weighted by Gasteiger charge is -2.11. The first-order valence-corrected chi connectivity index (χ1v) is 6.35. The first-order valence-electron chi connectivity index (χ1n) is 6.35. The highest BCUT2D eigenvalue weighted by molar-refractivity contribution is 14.0. The largest absolute Gasteiger partial charge is 0.493 e. The molecule has 0 aliphatic rings. The molecule has 0 amide bonds. The summed E-state index contributed by atoms with van der Waals surface area (Å²) in [4.78, 5) is 4.27. The molecule has 0 aromatic heterocycles. The lowest BCUT2D eigenvalue weighted by atomic mass is 10.1. The summed E-state index contributed by atoms with van der Waals surface area (Å²) in [6.45, 7) is 5.05. The maximum absolute atomic E-state index is 5.82. The minimum atomic E-state index is 0. The smallest absolute Gasteiger partial charge is 0.193 e. The number of hydrogen-bond donors (Lipinski definition) is 2. The van der Waals surface area contributed by atoms with Crippen LogP contribution in [0.2, 0.25) is 0 Å². The first kappa shape index (κ1) is 18.8. The van der Waals surface area contributed by atoms with E-state index in [1.165, 1.54) is 0 Å². The molecule has 0 unspecified atom stereocenters. The van der Waals surface area contributed by atoms with Crippen LogP contribution >= 0.6 is 24.0 Å². The molecule has 0 bridgehead atoms. The van der Waals surface area contributed by atoms with Gasteiger partial charge in [0.25, 0.3) is 0 Å². The minimum absolute atomic E-state index is 0. The van der Waals surface area contributed by atoms with Crippen LogP contribution in [-0.4, -0.2) is 26.7 Å². The molecule has 114 valence electrons. The molecule has 0 saturated heterocycles. The van der Waals surface area contributed by atoms with Gasteiger partial charge in [0.15, 0.2) is 17.5 Å². The van der Waals surface area contributed by atoms with Crippen molar-refractivity contribution in [2.75, 3.05) is 26.1 Å². The van der Waals surface area contributed by atoms with Crippen LogP contribution in [0.5, 0.6) is 11.5 Å². The van der Waals surface area contributed by atoms with E-state index in [0.717, 1.165) is 18.7 Å². The van der Waals surface area contributed by atoms with E-state index in [1.807, 2.05) is 18.2 Å². The van der Waals surface area contributed by atoms with Crippen LogP contribution in [0.3, 0.4) is 0 Å². The Morgan fingerprint density at radius 3 is 2.45 bits per heavy atom. The average molecular weight is 393 g/mol. The molecule has 0 atom stereocenters. The third-order valence-electron chi connectivity index (χ3n) is 2.64. The highest BCUT2D eigenvalue weighted by atomic mass is 127. The van der Waals surface area contributed by atoms with Gasteiger partial charge < -0.3 is 20.5 Å². The molecule has 0 aliphatic heterocycles. The summed E-state index contributed by atoms with van der Waals surface area (Å²) in [6, 6.07) is 5.51. The van der Waals surface area contributed by atoms with E-state index in [4.69, 9.17) is 15.2 Å². The van der Waals surface area contributed by atoms with Crippen molar-refractivity contribution in [2.45, 2.75) is 20.3 Å². The second kappa shape index (κ2) is 9.68. The van der Waals surface area contributed by atoms with Crippen molar-refractivity contribution >= 4 is 35.6 Å². The van der Waals surface area contributed by atoms with Gasteiger partial charge in [-0.15, -0.1) is 24.0 Å². The van der Waals surface area contributed by atoms with Crippen molar-refractivity contribution in [1.29, 1.82) is 0 Å². The number of hydrogen-bond acceptors (Lipinski definition) is 3. The molecule has 3 N–H and O–H groups in total. The summed E-state index contributed by atoms with van der Waals surface area (Å²) in [7, 11) is 3.20. The monoisotopic (exact) mass is 393 g/mol. The van der Waals surface area contributed by atoms with Crippen LogP contribution in [0.15, 0.2) is 23.2 Å². The molecule has 1 aromatic carbocycles. The first-order chi connectivity index (χ1) is 9.06. The van der Waals surface area contributed by atoms with Crippen LogP contribution in [0.25, 0.3) is 0 Å². The molecular formula is C14H24IN3O2. The second-order valence-corrected chi connectivity index (χ2v) is 4.64. The fourth-order valence-electron chi connectivity index (χ4n) is 1.54. The van der Waals surface area contributed by atoms with E-state index in [9.17, 15) is 0 Å². The topological polar surface area (TPSA) is 68.9 Å². The van der Waals surface area contributed by atoms with Crippen molar-refractivity contribution in [1.82, 2.24) is 0 Å². The fraction of sp³-hybridized carbons (Fsp3) is 0.500. The minimum Gasteiger partial charge on any atom is -0.493 e. The third-order valence-corrected chi connectivity index (χ3v) is 2.64. The molecule has 0 heterocycles. The Balaban J connectivity index is 0.00000361. The van der Waals surface area contributed by atoms with Crippen LogP contribution in [0, 0.1) is 5.92 Å². The lowest BCUT2D eigenvalue weighted by molar-refractivity contribution is 0.355. The van der Waals surface area contributed by atoms with E-state index in [2.05, 4.69) is 24.2 Å². The van der Waals surface area contributed by atoms with E-state index in [1.54, 1.807) is 14.2 Å². The highest BCUT2D eigenvalue weighted by Crippen LogP contribution is 2.29. The number of nitrogens with one attached hydrogen (secondary N) is 1. The Bertz CT molecular complexity index is 436. The molecule has 1 aromatic rings. The molecular weight excluding hydrogens is 369 g/mol. The molecule has 6 heteroatoms. The number of nitrogens with zero attached hydrogens (tertiary/aromatic N) is 1. The summed E-state index contributed by atoms with van der Waals surface area (Å²) in [6.07, 6.45) is 1.02. The van der Waals surface area contributed by atoms with Crippen LogP contribution in [0.4, 0.5) is 5.69 Å². The molecule has 0 spiro atoms.